The molecule has 0 saturated carbocycles. The highest BCUT2D eigenvalue weighted by Crippen LogP contribution is 2.11. The van der Waals surface area contributed by atoms with Gasteiger partial charge in [-0.15, -0.1) is 0 Å². The number of morpholine rings is 1. The first-order chi connectivity index (χ1) is 7.67. The van der Waals surface area contributed by atoms with E-state index in [9.17, 15) is 0 Å². The highest BCUT2D eigenvalue weighted by atomic mass is 16.5. The lowest BCUT2D eigenvalue weighted by molar-refractivity contribution is -0.0418. The zero-order valence-electron chi connectivity index (χ0n) is 11.3. The highest BCUT2D eigenvalue weighted by Gasteiger charge is 2.22. The Hall–Kier alpha value is -0.120. The van der Waals surface area contributed by atoms with E-state index in [1.54, 1.807) is 0 Å². The number of ether oxygens (including phenoxy) is 1. The Morgan fingerprint density at radius 1 is 1.38 bits per heavy atom. The largest absolute Gasteiger partial charge is 0.376 e. The van der Waals surface area contributed by atoms with E-state index in [1.165, 1.54) is 6.42 Å². The fraction of sp³-hybridized carbons (Fsp3) is 1.00. The molecule has 1 N–H and O–H groups in total. The second kappa shape index (κ2) is 7.25. The molecule has 0 aromatic carbocycles. The molecule has 3 unspecified atom stereocenters. The molecule has 0 spiro atoms. The SMILES string of the molecule is CCC(C)NCC(C)N1CCOC(CC)C1. The first kappa shape index (κ1) is 13.9. The van der Waals surface area contributed by atoms with Crippen molar-refractivity contribution < 1.29 is 4.74 Å². The molecule has 0 aromatic rings. The lowest BCUT2D eigenvalue weighted by Crippen LogP contribution is -2.50. The van der Waals surface area contributed by atoms with Crippen LogP contribution in [0.15, 0.2) is 0 Å². The summed E-state index contributed by atoms with van der Waals surface area (Å²) in [5.74, 6) is 0. The van der Waals surface area contributed by atoms with Crippen molar-refractivity contribution in [1.82, 2.24) is 10.2 Å². The smallest absolute Gasteiger partial charge is 0.0700 e. The molecule has 1 aliphatic heterocycles. The molecule has 0 bridgehead atoms. The van der Waals surface area contributed by atoms with Gasteiger partial charge in [-0.05, 0) is 26.7 Å². The van der Waals surface area contributed by atoms with E-state index in [4.69, 9.17) is 4.74 Å². The van der Waals surface area contributed by atoms with Gasteiger partial charge in [0.15, 0.2) is 0 Å². The molecule has 96 valence electrons. The molecule has 1 fully saturated rings. The summed E-state index contributed by atoms with van der Waals surface area (Å²) >= 11 is 0. The van der Waals surface area contributed by atoms with Gasteiger partial charge < -0.3 is 10.1 Å². The fourth-order valence-corrected chi connectivity index (χ4v) is 2.03. The molecule has 16 heavy (non-hydrogen) atoms. The Bertz CT molecular complexity index is 187. The van der Waals surface area contributed by atoms with Gasteiger partial charge in [0.1, 0.15) is 0 Å². The van der Waals surface area contributed by atoms with Gasteiger partial charge in [-0.3, -0.25) is 4.90 Å². The third-order valence-corrected chi connectivity index (χ3v) is 3.62. The van der Waals surface area contributed by atoms with Crippen LogP contribution in [0.3, 0.4) is 0 Å². The van der Waals surface area contributed by atoms with Crippen LogP contribution in [0.5, 0.6) is 0 Å². The summed E-state index contributed by atoms with van der Waals surface area (Å²) in [6, 6.07) is 1.25. The summed E-state index contributed by atoms with van der Waals surface area (Å²) < 4.78 is 5.69. The molecule has 1 aliphatic rings. The molecule has 3 nitrogen and oxygen atoms in total. The first-order valence-electron chi connectivity index (χ1n) is 6.76. The van der Waals surface area contributed by atoms with Crippen LogP contribution in [0, 0.1) is 0 Å². The van der Waals surface area contributed by atoms with Crippen molar-refractivity contribution in [2.24, 2.45) is 0 Å². The van der Waals surface area contributed by atoms with Crippen LogP contribution >= 0.6 is 0 Å². The van der Waals surface area contributed by atoms with Gasteiger partial charge in [0.05, 0.1) is 12.7 Å². The quantitative estimate of drug-likeness (QED) is 0.751. The second-order valence-corrected chi connectivity index (χ2v) is 4.96. The zero-order chi connectivity index (χ0) is 12.0. The summed E-state index contributed by atoms with van der Waals surface area (Å²) in [5, 5.41) is 3.58. The van der Waals surface area contributed by atoms with Crippen molar-refractivity contribution in [2.45, 2.75) is 58.7 Å². The Labute approximate surface area is 101 Å². The molecule has 1 saturated heterocycles. The maximum atomic E-state index is 5.69. The normalized spacial score (nSPS) is 26.6. The third-order valence-electron chi connectivity index (χ3n) is 3.62. The van der Waals surface area contributed by atoms with Crippen molar-refractivity contribution in [3.63, 3.8) is 0 Å². The average molecular weight is 228 g/mol. The van der Waals surface area contributed by atoms with E-state index in [2.05, 4.69) is 37.9 Å². The van der Waals surface area contributed by atoms with Crippen LogP contribution in [0.1, 0.15) is 40.5 Å². The maximum absolute atomic E-state index is 5.69. The average Bonchev–Trinajstić information content (AvgIpc) is 2.35. The van der Waals surface area contributed by atoms with Crippen molar-refractivity contribution in [3.8, 4) is 0 Å². The van der Waals surface area contributed by atoms with E-state index in [0.717, 1.165) is 32.7 Å². The van der Waals surface area contributed by atoms with Gasteiger partial charge in [0, 0.05) is 31.7 Å². The summed E-state index contributed by atoms with van der Waals surface area (Å²) in [6.07, 6.45) is 2.77. The monoisotopic (exact) mass is 228 g/mol. The number of hydrogen-bond donors (Lipinski definition) is 1. The molecular weight excluding hydrogens is 200 g/mol. The Morgan fingerprint density at radius 3 is 2.75 bits per heavy atom. The van der Waals surface area contributed by atoms with Crippen molar-refractivity contribution in [1.29, 1.82) is 0 Å². The summed E-state index contributed by atoms with van der Waals surface area (Å²) in [6.45, 7) is 13.2. The number of nitrogens with one attached hydrogen (secondary N) is 1. The fourth-order valence-electron chi connectivity index (χ4n) is 2.03. The predicted octanol–water partition coefficient (Wildman–Crippen LogP) is 1.87. The Morgan fingerprint density at radius 2 is 2.12 bits per heavy atom. The lowest BCUT2D eigenvalue weighted by Gasteiger charge is -2.37. The summed E-state index contributed by atoms with van der Waals surface area (Å²) in [5.41, 5.74) is 0. The van der Waals surface area contributed by atoms with E-state index in [0.29, 0.717) is 18.2 Å². The van der Waals surface area contributed by atoms with Crippen molar-refractivity contribution >= 4 is 0 Å². The van der Waals surface area contributed by atoms with Gasteiger partial charge in [0.2, 0.25) is 0 Å². The van der Waals surface area contributed by atoms with Gasteiger partial charge in [-0.1, -0.05) is 13.8 Å². The van der Waals surface area contributed by atoms with Crippen LogP contribution in [-0.2, 0) is 4.74 Å². The van der Waals surface area contributed by atoms with Crippen molar-refractivity contribution in [2.75, 3.05) is 26.2 Å². The molecule has 0 amide bonds. The summed E-state index contributed by atoms with van der Waals surface area (Å²) in [4.78, 5) is 2.55. The molecule has 0 aliphatic carbocycles. The molecule has 3 atom stereocenters. The maximum Gasteiger partial charge on any atom is 0.0700 e. The minimum atomic E-state index is 0.444. The van der Waals surface area contributed by atoms with E-state index < -0.39 is 0 Å². The number of nitrogens with zero attached hydrogens (tertiary/aromatic N) is 1. The lowest BCUT2D eigenvalue weighted by atomic mass is 10.1. The highest BCUT2D eigenvalue weighted by molar-refractivity contribution is 4.77. The third kappa shape index (κ3) is 4.40. The standard InChI is InChI=1S/C13H28N2O/c1-5-11(3)14-9-12(4)15-7-8-16-13(6-2)10-15/h11-14H,5-10H2,1-4H3. The van der Waals surface area contributed by atoms with Gasteiger partial charge >= 0.3 is 0 Å². The minimum Gasteiger partial charge on any atom is -0.376 e. The van der Waals surface area contributed by atoms with E-state index in [1.807, 2.05) is 0 Å². The van der Waals surface area contributed by atoms with Crippen LogP contribution in [0.2, 0.25) is 0 Å². The van der Waals surface area contributed by atoms with Gasteiger partial charge in [-0.25, -0.2) is 0 Å². The molecule has 3 heteroatoms. The molecule has 1 heterocycles. The van der Waals surface area contributed by atoms with Gasteiger partial charge in [0.25, 0.3) is 0 Å². The summed E-state index contributed by atoms with van der Waals surface area (Å²) in [7, 11) is 0. The van der Waals surface area contributed by atoms with Crippen LogP contribution in [-0.4, -0.2) is 49.3 Å². The Kier molecular flexibility index (Phi) is 6.32. The van der Waals surface area contributed by atoms with Crippen LogP contribution < -0.4 is 5.32 Å². The predicted molar refractivity (Wildman–Crippen MR) is 68.8 cm³/mol. The first-order valence-corrected chi connectivity index (χ1v) is 6.76. The minimum absolute atomic E-state index is 0.444. The molecule has 0 radical (unpaired) electrons. The molecular formula is C13H28N2O. The second-order valence-electron chi connectivity index (χ2n) is 4.96. The number of hydrogen-bond acceptors (Lipinski definition) is 3. The van der Waals surface area contributed by atoms with Crippen LogP contribution in [0.25, 0.3) is 0 Å². The molecule has 0 aromatic heterocycles. The van der Waals surface area contributed by atoms with E-state index in [-0.39, 0.29) is 0 Å². The Balaban J connectivity index is 2.27. The molecule has 1 rings (SSSR count). The zero-order valence-corrected chi connectivity index (χ0v) is 11.3. The topological polar surface area (TPSA) is 24.5 Å². The van der Waals surface area contributed by atoms with Crippen molar-refractivity contribution in [3.05, 3.63) is 0 Å². The number of rotatable bonds is 6. The van der Waals surface area contributed by atoms with Crippen LogP contribution in [0.4, 0.5) is 0 Å². The van der Waals surface area contributed by atoms with Gasteiger partial charge in [-0.2, -0.15) is 0 Å². The van der Waals surface area contributed by atoms with E-state index >= 15 is 0 Å².